The maximum absolute atomic E-state index is 5.56. The van der Waals surface area contributed by atoms with Gasteiger partial charge in [-0.2, -0.15) is 0 Å². The highest BCUT2D eigenvalue weighted by Gasteiger charge is 2.08. The SMILES string of the molecule is C=C(CC)CC(Cc1ccc(OC)cc1)NN. The fourth-order valence-electron chi connectivity index (χ4n) is 1.73. The third kappa shape index (κ3) is 4.59. The summed E-state index contributed by atoms with van der Waals surface area (Å²) in [4.78, 5) is 0. The van der Waals surface area contributed by atoms with Crippen LogP contribution in [0.2, 0.25) is 0 Å². The Labute approximate surface area is 104 Å². The van der Waals surface area contributed by atoms with Crippen molar-refractivity contribution in [3.63, 3.8) is 0 Å². The number of rotatable bonds is 7. The van der Waals surface area contributed by atoms with Crippen LogP contribution in [0.25, 0.3) is 0 Å². The van der Waals surface area contributed by atoms with Crippen molar-refractivity contribution in [1.29, 1.82) is 0 Å². The topological polar surface area (TPSA) is 47.3 Å². The number of methoxy groups -OCH3 is 1. The molecule has 1 aromatic carbocycles. The molecule has 0 fully saturated rings. The van der Waals surface area contributed by atoms with E-state index in [1.807, 2.05) is 12.1 Å². The fourth-order valence-corrected chi connectivity index (χ4v) is 1.73. The monoisotopic (exact) mass is 234 g/mol. The number of benzene rings is 1. The molecule has 17 heavy (non-hydrogen) atoms. The second kappa shape index (κ2) is 7.09. The third-order valence-corrected chi connectivity index (χ3v) is 2.91. The van der Waals surface area contributed by atoms with Crippen LogP contribution in [0.5, 0.6) is 5.75 Å². The second-order valence-corrected chi connectivity index (χ2v) is 4.22. The third-order valence-electron chi connectivity index (χ3n) is 2.91. The number of ether oxygens (including phenoxy) is 1. The predicted octanol–water partition coefficient (Wildman–Crippen LogP) is 2.43. The molecule has 0 aromatic heterocycles. The lowest BCUT2D eigenvalue weighted by atomic mass is 9.99. The van der Waals surface area contributed by atoms with E-state index in [2.05, 4.69) is 31.1 Å². The van der Waals surface area contributed by atoms with Gasteiger partial charge in [-0.3, -0.25) is 11.3 Å². The molecule has 94 valence electrons. The first-order chi connectivity index (χ1) is 8.19. The lowest BCUT2D eigenvalue weighted by Crippen LogP contribution is -2.37. The van der Waals surface area contributed by atoms with Gasteiger partial charge in [0.15, 0.2) is 0 Å². The molecule has 0 aliphatic carbocycles. The largest absolute Gasteiger partial charge is 0.497 e. The lowest BCUT2D eigenvalue weighted by molar-refractivity contribution is 0.414. The first kappa shape index (κ1) is 13.7. The highest BCUT2D eigenvalue weighted by atomic mass is 16.5. The molecule has 3 nitrogen and oxygen atoms in total. The van der Waals surface area contributed by atoms with Gasteiger partial charge in [0.25, 0.3) is 0 Å². The van der Waals surface area contributed by atoms with E-state index in [-0.39, 0.29) is 6.04 Å². The average molecular weight is 234 g/mol. The van der Waals surface area contributed by atoms with Crippen molar-refractivity contribution in [3.05, 3.63) is 42.0 Å². The molecular formula is C14H22N2O. The Balaban J connectivity index is 2.57. The van der Waals surface area contributed by atoms with Gasteiger partial charge in [0.1, 0.15) is 5.75 Å². The van der Waals surface area contributed by atoms with E-state index in [9.17, 15) is 0 Å². The van der Waals surface area contributed by atoms with Crippen molar-refractivity contribution in [2.45, 2.75) is 32.2 Å². The average Bonchev–Trinajstić information content (AvgIpc) is 2.38. The minimum atomic E-state index is 0.246. The molecule has 1 rings (SSSR count). The molecule has 0 amide bonds. The van der Waals surface area contributed by atoms with E-state index in [1.165, 1.54) is 11.1 Å². The van der Waals surface area contributed by atoms with E-state index in [4.69, 9.17) is 10.6 Å². The van der Waals surface area contributed by atoms with Crippen molar-refractivity contribution in [3.8, 4) is 5.75 Å². The summed E-state index contributed by atoms with van der Waals surface area (Å²) >= 11 is 0. The van der Waals surface area contributed by atoms with E-state index in [0.29, 0.717) is 0 Å². The molecule has 3 heteroatoms. The maximum Gasteiger partial charge on any atom is 0.118 e. The lowest BCUT2D eigenvalue weighted by Gasteiger charge is -2.17. The zero-order chi connectivity index (χ0) is 12.7. The quantitative estimate of drug-likeness (QED) is 0.433. The molecule has 3 N–H and O–H groups in total. The molecule has 0 bridgehead atoms. The first-order valence-electron chi connectivity index (χ1n) is 5.95. The molecule has 1 atom stereocenters. The minimum absolute atomic E-state index is 0.246. The molecule has 1 unspecified atom stereocenters. The molecular weight excluding hydrogens is 212 g/mol. The van der Waals surface area contributed by atoms with Gasteiger partial charge < -0.3 is 4.74 Å². The Bertz CT molecular complexity index is 346. The Kier molecular flexibility index (Phi) is 5.73. The van der Waals surface area contributed by atoms with Gasteiger partial charge in [0, 0.05) is 6.04 Å². The van der Waals surface area contributed by atoms with Gasteiger partial charge in [0.05, 0.1) is 7.11 Å². The summed E-state index contributed by atoms with van der Waals surface area (Å²) < 4.78 is 5.13. The summed E-state index contributed by atoms with van der Waals surface area (Å²) in [5.74, 6) is 6.44. The zero-order valence-corrected chi connectivity index (χ0v) is 10.7. The summed E-state index contributed by atoms with van der Waals surface area (Å²) in [5, 5.41) is 0. The van der Waals surface area contributed by atoms with Gasteiger partial charge in [0.2, 0.25) is 0 Å². The molecule has 0 spiro atoms. The van der Waals surface area contributed by atoms with Gasteiger partial charge in [-0.1, -0.05) is 31.2 Å². The fraction of sp³-hybridized carbons (Fsp3) is 0.429. The highest BCUT2D eigenvalue weighted by molar-refractivity contribution is 5.27. The van der Waals surface area contributed by atoms with Crippen LogP contribution in [0.1, 0.15) is 25.3 Å². The molecule has 1 aromatic rings. The molecule has 0 aliphatic heterocycles. The van der Waals surface area contributed by atoms with Crippen LogP contribution >= 0.6 is 0 Å². The van der Waals surface area contributed by atoms with Crippen molar-refractivity contribution in [1.82, 2.24) is 5.43 Å². The Morgan fingerprint density at radius 1 is 1.41 bits per heavy atom. The highest BCUT2D eigenvalue weighted by Crippen LogP contribution is 2.15. The van der Waals surface area contributed by atoms with Crippen LogP contribution in [-0.2, 0) is 6.42 Å². The van der Waals surface area contributed by atoms with E-state index < -0.39 is 0 Å². The number of hydrogen-bond acceptors (Lipinski definition) is 3. The molecule has 0 aliphatic rings. The van der Waals surface area contributed by atoms with Crippen LogP contribution in [0.15, 0.2) is 36.4 Å². The zero-order valence-electron chi connectivity index (χ0n) is 10.7. The van der Waals surface area contributed by atoms with Gasteiger partial charge >= 0.3 is 0 Å². The van der Waals surface area contributed by atoms with Crippen molar-refractivity contribution < 1.29 is 4.74 Å². The van der Waals surface area contributed by atoms with E-state index >= 15 is 0 Å². The molecule has 0 saturated heterocycles. The van der Waals surface area contributed by atoms with Gasteiger partial charge in [-0.05, 0) is 37.0 Å². The Morgan fingerprint density at radius 3 is 2.53 bits per heavy atom. The van der Waals surface area contributed by atoms with Crippen molar-refractivity contribution in [2.75, 3.05) is 7.11 Å². The Morgan fingerprint density at radius 2 is 2.06 bits per heavy atom. The van der Waals surface area contributed by atoms with Crippen molar-refractivity contribution >= 4 is 0 Å². The molecule has 0 radical (unpaired) electrons. The normalized spacial score (nSPS) is 12.2. The molecule has 0 saturated carbocycles. The second-order valence-electron chi connectivity index (χ2n) is 4.22. The Hall–Kier alpha value is -1.32. The van der Waals surface area contributed by atoms with Gasteiger partial charge in [-0.15, -0.1) is 0 Å². The summed E-state index contributed by atoms with van der Waals surface area (Å²) in [6.45, 7) is 6.13. The van der Waals surface area contributed by atoms with E-state index in [1.54, 1.807) is 7.11 Å². The maximum atomic E-state index is 5.56. The number of hydrogen-bond donors (Lipinski definition) is 2. The standard InChI is InChI=1S/C14H22N2O/c1-4-11(2)9-13(16-15)10-12-5-7-14(17-3)8-6-12/h5-8,13,16H,2,4,9-10,15H2,1,3H3. The van der Waals surface area contributed by atoms with Gasteiger partial charge in [-0.25, -0.2) is 0 Å². The number of nitrogens with one attached hydrogen (secondary N) is 1. The number of nitrogens with two attached hydrogens (primary N) is 1. The molecule has 0 heterocycles. The van der Waals surface area contributed by atoms with Crippen LogP contribution in [0.4, 0.5) is 0 Å². The summed E-state index contributed by atoms with van der Waals surface area (Å²) in [5.41, 5.74) is 5.32. The smallest absolute Gasteiger partial charge is 0.118 e. The van der Waals surface area contributed by atoms with E-state index in [0.717, 1.165) is 25.0 Å². The summed E-state index contributed by atoms with van der Waals surface area (Å²) in [6, 6.07) is 8.32. The predicted molar refractivity (Wildman–Crippen MR) is 71.9 cm³/mol. The minimum Gasteiger partial charge on any atom is -0.497 e. The van der Waals surface area contributed by atoms with Crippen LogP contribution in [0, 0.1) is 0 Å². The van der Waals surface area contributed by atoms with Crippen LogP contribution in [0.3, 0.4) is 0 Å². The van der Waals surface area contributed by atoms with Crippen LogP contribution < -0.4 is 16.0 Å². The first-order valence-corrected chi connectivity index (χ1v) is 5.95. The van der Waals surface area contributed by atoms with Crippen molar-refractivity contribution in [2.24, 2.45) is 5.84 Å². The van der Waals surface area contributed by atoms with Crippen LogP contribution in [-0.4, -0.2) is 13.2 Å². The summed E-state index contributed by atoms with van der Waals surface area (Å²) in [6.07, 6.45) is 2.82. The number of hydrazine groups is 1. The summed E-state index contributed by atoms with van der Waals surface area (Å²) in [7, 11) is 1.67.